The number of alkyl halides is 6. The third-order valence-corrected chi connectivity index (χ3v) is 4.64. The molecular formula is C18H14ClF6N3O. The summed E-state index contributed by atoms with van der Waals surface area (Å²) >= 11 is 5.93. The number of amides is 1. The fourth-order valence-electron chi connectivity index (χ4n) is 3.06. The Hall–Kier alpha value is -2.49. The summed E-state index contributed by atoms with van der Waals surface area (Å²) in [7, 11) is 0. The monoisotopic (exact) mass is 437 g/mol. The van der Waals surface area contributed by atoms with Gasteiger partial charge in [0.15, 0.2) is 0 Å². The van der Waals surface area contributed by atoms with Gasteiger partial charge in [-0.3, -0.25) is 4.79 Å². The van der Waals surface area contributed by atoms with Crippen LogP contribution in [-0.2, 0) is 12.4 Å². The zero-order chi connectivity index (χ0) is 21.4. The fraction of sp³-hybridized carbons (Fsp3) is 0.333. The minimum atomic E-state index is -5.03. The number of hydrogen-bond acceptors (Lipinski definition) is 3. The molecule has 1 N–H and O–H groups in total. The van der Waals surface area contributed by atoms with E-state index in [0.717, 1.165) is 0 Å². The number of pyridine rings is 1. The number of benzene rings is 1. The zero-order valence-electron chi connectivity index (χ0n) is 14.6. The predicted octanol–water partition coefficient (Wildman–Crippen LogP) is 5.13. The van der Waals surface area contributed by atoms with Crippen molar-refractivity contribution in [3.05, 3.63) is 58.2 Å². The van der Waals surface area contributed by atoms with E-state index < -0.39 is 41.1 Å². The first-order chi connectivity index (χ1) is 13.4. The van der Waals surface area contributed by atoms with Gasteiger partial charge in [-0.2, -0.15) is 26.3 Å². The van der Waals surface area contributed by atoms with Crippen LogP contribution in [0.4, 0.5) is 32.2 Å². The molecule has 1 aliphatic heterocycles. The maximum Gasteiger partial charge on any atom is 0.416 e. The van der Waals surface area contributed by atoms with E-state index in [2.05, 4.69) is 10.3 Å². The molecule has 29 heavy (non-hydrogen) atoms. The van der Waals surface area contributed by atoms with Crippen LogP contribution in [0.3, 0.4) is 0 Å². The molecule has 2 heterocycles. The Morgan fingerprint density at radius 1 is 1.07 bits per heavy atom. The molecule has 1 aromatic heterocycles. The Morgan fingerprint density at radius 2 is 1.69 bits per heavy atom. The second-order valence-corrected chi connectivity index (χ2v) is 6.89. The molecule has 1 unspecified atom stereocenters. The molecule has 1 aliphatic rings. The van der Waals surface area contributed by atoms with Crippen molar-refractivity contribution >= 4 is 23.3 Å². The number of aromatic nitrogens is 1. The van der Waals surface area contributed by atoms with Gasteiger partial charge in [0.2, 0.25) is 0 Å². The number of carbonyl (C=O) groups excluding carboxylic acids is 1. The van der Waals surface area contributed by atoms with Crippen molar-refractivity contribution in [2.45, 2.75) is 31.4 Å². The fourth-order valence-corrected chi connectivity index (χ4v) is 3.22. The highest BCUT2D eigenvalue weighted by Crippen LogP contribution is 2.36. The summed E-state index contributed by atoms with van der Waals surface area (Å²) in [5.74, 6) is -0.596. The molecule has 1 amide bonds. The summed E-state index contributed by atoms with van der Waals surface area (Å²) in [6.07, 6.45) is -8.14. The normalized spacial score (nSPS) is 17.5. The first kappa shape index (κ1) is 21.2. The molecule has 1 aromatic carbocycles. The first-order valence-electron chi connectivity index (χ1n) is 8.44. The molecule has 1 atom stereocenters. The van der Waals surface area contributed by atoms with Gasteiger partial charge in [-0.1, -0.05) is 11.6 Å². The lowest BCUT2D eigenvalue weighted by Gasteiger charge is -2.26. The third kappa shape index (κ3) is 4.92. The van der Waals surface area contributed by atoms with Gasteiger partial charge in [0.1, 0.15) is 12.0 Å². The summed E-state index contributed by atoms with van der Waals surface area (Å²) in [4.78, 5) is 18.3. The number of hydrogen-bond donors (Lipinski definition) is 1. The number of halogens is 7. The molecule has 0 saturated carbocycles. The molecule has 0 radical (unpaired) electrons. The van der Waals surface area contributed by atoms with Crippen molar-refractivity contribution in [1.29, 1.82) is 0 Å². The third-order valence-electron chi connectivity index (χ3n) is 4.40. The first-order valence-corrected chi connectivity index (χ1v) is 8.81. The van der Waals surface area contributed by atoms with Crippen LogP contribution in [0.15, 0.2) is 36.5 Å². The van der Waals surface area contributed by atoms with Crippen LogP contribution in [0.2, 0.25) is 5.02 Å². The van der Waals surface area contributed by atoms with E-state index in [4.69, 9.17) is 11.6 Å². The molecule has 4 nitrogen and oxygen atoms in total. The molecule has 156 valence electrons. The molecule has 0 bridgehead atoms. The largest absolute Gasteiger partial charge is 0.416 e. The Kier molecular flexibility index (Phi) is 5.66. The lowest BCUT2D eigenvalue weighted by atomic mass is 10.0. The van der Waals surface area contributed by atoms with E-state index in [-0.39, 0.29) is 6.07 Å². The number of carbonyl (C=O) groups is 1. The second kappa shape index (κ2) is 7.74. The summed E-state index contributed by atoms with van der Waals surface area (Å²) in [6.45, 7) is 0.495. The van der Waals surface area contributed by atoms with Crippen LogP contribution in [-0.4, -0.2) is 23.6 Å². The summed E-state index contributed by atoms with van der Waals surface area (Å²) < 4.78 is 78.0. The van der Waals surface area contributed by atoms with E-state index >= 15 is 0 Å². The van der Waals surface area contributed by atoms with Crippen molar-refractivity contribution < 1.29 is 31.1 Å². The van der Waals surface area contributed by atoms with Crippen LogP contribution in [0.1, 0.15) is 34.3 Å². The Labute approximate surface area is 166 Å². The average Bonchev–Trinajstić information content (AvgIpc) is 3.08. The lowest BCUT2D eigenvalue weighted by molar-refractivity contribution is -0.143. The molecule has 2 aromatic rings. The van der Waals surface area contributed by atoms with Gasteiger partial charge in [0.25, 0.3) is 5.91 Å². The molecule has 1 fully saturated rings. The van der Waals surface area contributed by atoms with E-state index in [1.54, 1.807) is 17.0 Å². The highest BCUT2D eigenvalue weighted by Gasteiger charge is 2.38. The Morgan fingerprint density at radius 3 is 2.24 bits per heavy atom. The number of nitrogens with zero attached hydrogens (tertiary/aromatic N) is 2. The Balaban J connectivity index is 1.88. The average molecular weight is 438 g/mol. The maximum absolute atomic E-state index is 13.0. The molecule has 3 rings (SSSR count). The van der Waals surface area contributed by atoms with Crippen LogP contribution in [0.5, 0.6) is 0 Å². The van der Waals surface area contributed by atoms with Crippen molar-refractivity contribution in [1.82, 2.24) is 10.3 Å². The number of rotatable bonds is 3. The summed E-state index contributed by atoms with van der Waals surface area (Å²) in [6, 6.07) is 3.89. The highest BCUT2D eigenvalue weighted by atomic mass is 35.5. The van der Waals surface area contributed by atoms with E-state index in [1.807, 2.05) is 0 Å². The van der Waals surface area contributed by atoms with E-state index in [0.29, 0.717) is 42.4 Å². The predicted molar refractivity (Wildman–Crippen MR) is 93.5 cm³/mol. The van der Waals surface area contributed by atoms with Gasteiger partial charge in [-0.25, -0.2) is 4.98 Å². The molecule has 1 saturated heterocycles. The lowest BCUT2D eigenvalue weighted by Crippen LogP contribution is -2.44. The van der Waals surface area contributed by atoms with Gasteiger partial charge in [-0.15, -0.1) is 0 Å². The zero-order valence-corrected chi connectivity index (χ0v) is 15.4. The van der Waals surface area contributed by atoms with Crippen molar-refractivity contribution in [2.75, 3.05) is 11.4 Å². The topological polar surface area (TPSA) is 45.2 Å². The SMILES string of the molecule is O=C(NC1CCCN1c1cc(Cl)ccn1)c1cc(C(F)(F)F)cc(C(F)(F)F)c1. The quantitative estimate of drug-likeness (QED) is 0.677. The summed E-state index contributed by atoms with van der Waals surface area (Å²) in [5.41, 5.74) is -3.81. The van der Waals surface area contributed by atoms with E-state index in [1.165, 1.54) is 6.20 Å². The molecular weight excluding hydrogens is 424 g/mol. The van der Waals surface area contributed by atoms with Crippen LogP contribution in [0, 0.1) is 0 Å². The smallest absolute Gasteiger partial charge is 0.336 e. The molecule has 0 aliphatic carbocycles. The van der Waals surface area contributed by atoms with Crippen molar-refractivity contribution in [3.63, 3.8) is 0 Å². The molecule has 0 spiro atoms. The van der Waals surface area contributed by atoms with Gasteiger partial charge in [0, 0.05) is 23.3 Å². The van der Waals surface area contributed by atoms with Gasteiger partial charge in [-0.05, 0) is 43.2 Å². The minimum absolute atomic E-state index is 0.0193. The number of anilines is 1. The summed E-state index contributed by atoms with van der Waals surface area (Å²) in [5, 5.41) is 2.89. The van der Waals surface area contributed by atoms with Crippen LogP contribution < -0.4 is 10.2 Å². The number of nitrogens with one attached hydrogen (secondary N) is 1. The van der Waals surface area contributed by atoms with Gasteiger partial charge >= 0.3 is 12.4 Å². The maximum atomic E-state index is 13.0. The highest BCUT2D eigenvalue weighted by molar-refractivity contribution is 6.30. The minimum Gasteiger partial charge on any atom is -0.336 e. The van der Waals surface area contributed by atoms with Gasteiger partial charge in [0.05, 0.1) is 11.1 Å². The molecule has 11 heteroatoms. The Bertz CT molecular complexity index is 883. The van der Waals surface area contributed by atoms with Gasteiger partial charge < -0.3 is 10.2 Å². The van der Waals surface area contributed by atoms with E-state index in [9.17, 15) is 31.1 Å². The van der Waals surface area contributed by atoms with Crippen molar-refractivity contribution in [2.24, 2.45) is 0 Å². The standard InChI is InChI=1S/C18H14ClF6N3O/c19-13-3-4-26-15(9-13)28-5-1-2-14(28)27-16(29)10-6-11(17(20,21)22)8-12(7-10)18(23,24)25/h3-4,6-9,14H,1-2,5H2,(H,27,29). The van der Waals surface area contributed by atoms with Crippen LogP contribution in [0.25, 0.3) is 0 Å². The second-order valence-electron chi connectivity index (χ2n) is 6.45. The van der Waals surface area contributed by atoms with Crippen LogP contribution >= 0.6 is 11.6 Å². The van der Waals surface area contributed by atoms with Crippen molar-refractivity contribution in [3.8, 4) is 0 Å².